The van der Waals surface area contributed by atoms with Gasteiger partial charge in [0.05, 0.1) is 22.7 Å². The maximum Gasteiger partial charge on any atom is 0.416 e. The van der Waals surface area contributed by atoms with Crippen LogP contribution >= 0.6 is 0 Å². The summed E-state index contributed by atoms with van der Waals surface area (Å²) in [5.74, 6) is 1.39. The van der Waals surface area contributed by atoms with Gasteiger partial charge in [-0.05, 0) is 134 Å². The maximum atomic E-state index is 12.8. The molecule has 0 radical (unpaired) electrons. The van der Waals surface area contributed by atoms with Crippen molar-refractivity contribution in [2.45, 2.75) is 129 Å². The highest BCUT2D eigenvalue weighted by molar-refractivity contribution is 7.90. The zero-order chi connectivity index (χ0) is 33.2. The summed E-state index contributed by atoms with van der Waals surface area (Å²) in [5.41, 5.74) is -0.857. The SMILES string of the molecule is CC[C@H]1[C@@H](O)C2C3CC[C@H]([C@H](C)CCCC(=O)NS(=O)(=O)c4ccc(C(F)(F)F)cc4)[C@@]3(C)CCC2[C@@]2(C)CC[C@@H](O)C[C@@]12C. The number of hydrogen-bond acceptors (Lipinski definition) is 5. The van der Waals surface area contributed by atoms with Gasteiger partial charge in [-0.2, -0.15) is 13.2 Å². The average molecular weight is 656 g/mol. The number of carbonyl (C=O) groups excluding carboxylic acids is 1. The van der Waals surface area contributed by atoms with Gasteiger partial charge in [0, 0.05) is 6.42 Å². The number of fused-ring (bicyclic) bond motifs is 5. The van der Waals surface area contributed by atoms with Crippen molar-refractivity contribution in [2.24, 2.45) is 51.8 Å². The van der Waals surface area contributed by atoms with Gasteiger partial charge < -0.3 is 10.2 Å². The molecule has 4 saturated carbocycles. The Hall–Kier alpha value is -1.65. The van der Waals surface area contributed by atoms with Crippen LogP contribution in [0.25, 0.3) is 0 Å². The van der Waals surface area contributed by atoms with E-state index in [1.165, 1.54) is 0 Å². The Labute approximate surface area is 267 Å². The van der Waals surface area contributed by atoms with Gasteiger partial charge in [0.25, 0.3) is 10.0 Å². The highest BCUT2D eigenvalue weighted by atomic mass is 32.2. The Morgan fingerprint density at radius 1 is 1.00 bits per heavy atom. The van der Waals surface area contributed by atoms with Crippen molar-refractivity contribution >= 4 is 15.9 Å². The number of sulfonamides is 1. The standard InChI is InChI=1S/C35H52F3NO5S/c1-6-25-31(42)30-27-15-14-26(32(27,3)18-17-28(30)33(4)19-16-23(40)20-34(25,33)5)21(2)8-7-9-29(41)39-45(43,44)24-12-10-22(11-13-24)35(36,37)38/h10-13,21,23,25-28,30-31,40,42H,6-9,14-20H2,1-5H3,(H,39,41)/t21-,23-,25+,26-,27?,28?,30?,31-,32-,33-,34+/m1/s1. The smallest absolute Gasteiger partial charge is 0.393 e. The Morgan fingerprint density at radius 3 is 2.29 bits per heavy atom. The molecule has 0 bridgehead atoms. The Kier molecular flexibility index (Phi) is 9.33. The maximum absolute atomic E-state index is 12.8. The molecule has 0 spiro atoms. The van der Waals surface area contributed by atoms with E-state index < -0.39 is 27.7 Å². The number of benzene rings is 1. The summed E-state index contributed by atoms with van der Waals surface area (Å²) in [6, 6.07) is 3.10. The van der Waals surface area contributed by atoms with E-state index in [2.05, 4.69) is 34.6 Å². The first kappa shape index (κ1) is 34.7. The molecular formula is C35H52F3NO5S. The second kappa shape index (κ2) is 12.1. The molecule has 3 unspecified atom stereocenters. The van der Waals surface area contributed by atoms with E-state index in [4.69, 9.17) is 0 Å². The first-order valence-corrected chi connectivity index (χ1v) is 18.5. The molecule has 0 aromatic heterocycles. The second-order valence-electron chi connectivity index (χ2n) is 15.7. The molecule has 5 rings (SSSR count). The molecule has 1 aromatic carbocycles. The molecule has 4 aliphatic carbocycles. The third-order valence-electron chi connectivity index (χ3n) is 13.7. The van der Waals surface area contributed by atoms with E-state index in [9.17, 15) is 36.6 Å². The Balaban J connectivity index is 1.21. The molecule has 0 saturated heterocycles. The number of aliphatic hydroxyl groups excluding tert-OH is 2. The van der Waals surface area contributed by atoms with Gasteiger partial charge in [0.15, 0.2) is 0 Å². The zero-order valence-electron chi connectivity index (χ0n) is 27.4. The summed E-state index contributed by atoms with van der Waals surface area (Å²) in [6.07, 6.45) is 3.92. The summed E-state index contributed by atoms with van der Waals surface area (Å²) in [7, 11) is -4.26. The van der Waals surface area contributed by atoms with Crippen molar-refractivity contribution in [3.63, 3.8) is 0 Å². The fraction of sp³-hybridized carbons (Fsp3) is 0.800. The van der Waals surface area contributed by atoms with Crippen molar-refractivity contribution in [2.75, 3.05) is 0 Å². The normalized spacial score (nSPS) is 40.6. The zero-order valence-corrected chi connectivity index (χ0v) is 28.2. The lowest BCUT2D eigenvalue weighted by Gasteiger charge is -2.69. The monoisotopic (exact) mass is 655 g/mol. The molecule has 3 N–H and O–H groups in total. The number of alkyl halides is 3. The van der Waals surface area contributed by atoms with Gasteiger partial charge in [-0.15, -0.1) is 0 Å². The predicted octanol–water partition coefficient (Wildman–Crippen LogP) is 7.33. The fourth-order valence-electron chi connectivity index (χ4n) is 11.4. The molecule has 45 heavy (non-hydrogen) atoms. The first-order valence-electron chi connectivity index (χ1n) is 17.0. The largest absolute Gasteiger partial charge is 0.416 e. The molecule has 4 aliphatic rings. The molecular weight excluding hydrogens is 603 g/mol. The van der Waals surface area contributed by atoms with Crippen LogP contribution in [0, 0.1) is 51.8 Å². The average Bonchev–Trinajstić information content (AvgIpc) is 3.31. The van der Waals surface area contributed by atoms with Gasteiger partial charge in [-0.1, -0.05) is 41.0 Å². The number of amides is 1. The van der Waals surface area contributed by atoms with Gasteiger partial charge in [-0.25, -0.2) is 13.1 Å². The van der Waals surface area contributed by atoms with Crippen LogP contribution in [-0.2, 0) is 21.0 Å². The van der Waals surface area contributed by atoms with E-state index in [-0.39, 0.29) is 51.6 Å². The van der Waals surface area contributed by atoms with Crippen LogP contribution in [0.3, 0.4) is 0 Å². The minimum atomic E-state index is -4.58. The summed E-state index contributed by atoms with van der Waals surface area (Å²) >= 11 is 0. The summed E-state index contributed by atoms with van der Waals surface area (Å²) in [4.78, 5) is 12.2. The highest BCUT2D eigenvalue weighted by Gasteiger charge is 2.68. The topological polar surface area (TPSA) is 104 Å². The van der Waals surface area contributed by atoms with E-state index >= 15 is 0 Å². The quantitative estimate of drug-likeness (QED) is 0.272. The summed E-state index contributed by atoms with van der Waals surface area (Å²) in [5, 5.41) is 22.7. The molecule has 254 valence electrons. The van der Waals surface area contributed by atoms with Gasteiger partial charge >= 0.3 is 6.18 Å². The molecule has 4 fully saturated rings. The second-order valence-corrected chi connectivity index (χ2v) is 17.4. The molecule has 10 heteroatoms. The van der Waals surface area contributed by atoms with Crippen LogP contribution in [-0.4, -0.2) is 36.7 Å². The first-order chi connectivity index (χ1) is 20.9. The minimum absolute atomic E-state index is 0.0153. The Bertz CT molecular complexity index is 1350. The van der Waals surface area contributed by atoms with Crippen molar-refractivity contribution in [3.8, 4) is 0 Å². The van der Waals surface area contributed by atoms with Crippen LogP contribution in [0.1, 0.15) is 111 Å². The van der Waals surface area contributed by atoms with Crippen molar-refractivity contribution in [1.29, 1.82) is 0 Å². The summed E-state index contributed by atoms with van der Waals surface area (Å²) < 4.78 is 65.7. The Morgan fingerprint density at radius 2 is 1.67 bits per heavy atom. The van der Waals surface area contributed by atoms with Crippen molar-refractivity contribution in [1.82, 2.24) is 4.72 Å². The molecule has 0 heterocycles. The van der Waals surface area contributed by atoms with Crippen LogP contribution in [0.15, 0.2) is 29.2 Å². The van der Waals surface area contributed by atoms with E-state index in [1.807, 2.05) is 4.72 Å². The van der Waals surface area contributed by atoms with Crippen LogP contribution in [0.5, 0.6) is 0 Å². The lowest BCUT2D eigenvalue weighted by molar-refractivity contribution is -0.243. The molecule has 6 nitrogen and oxygen atoms in total. The summed E-state index contributed by atoms with van der Waals surface area (Å²) in [6.45, 7) is 11.6. The number of carbonyl (C=O) groups is 1. The lowest BCUT2D eigenvalue weighted by Crippen LogP contribution is -2.66. The molecule has 0 aliphatic heterocycles. The highest BCUT2D eigenvalue weighted by Crippen LogP contribution is 2.72. The van der Waals surface area contributed by atoms with Crippen LogP contribution < -0.4 is 4.72 Å². The third kappa shape index (κ3) is 5.87. The molecule has 1 aromatic rings. The van der Waals surface area contributed by atoms with Crippen molar-refractivity contribution in [3.05, 3.63) is 29.8 Å². The fourth-order valence-corrected chi connectivity index (χ4v) is 12.4. The number of hydrogen-bond donors (Lipinski definition) is 3. The minimum Gasteiger partial charge on any atom is -0.393 e. The predicted molar refractivity (Wildman–Crippen MR) is 166 cm³/mol. The van der Waals surface area contributed by atoms with Crippen LogP contribution in [0.2, 0.25) is 0 Å². The van der Waals surface area contributed by atoms with E-state index in [1.54, 1.807) is 0 Å². The molecule has 1 amide bonds. The van der Waals surface area contributed by atoms with Crippen LogP contribution in [0.4, 0.5) is 13.2 Å². The third-order valence-corrected chi connectivity index (χ3v) is 15.1. The molecule has 11 atom stereocenters. The number of aliphatic hydroxyl groups is 2. The van der Waals surface area contributed by atoms with E-state index in [0.717, 1.165) is 69.9 Å². The van der Waals surface area contributed by atoms with E-state index in [0.29, 0.717) is 42.2 Å². The number of nitrogens with one attached hydrogen (secondary N) is 1. The number of rotatable bonds is 8. The van der Waals surface area contributed by atoms with Gasteiger partial charge in [-0.3, -0.25) is 4.79 Å². The number of halogens is 3. The van der Waals surface area contributed by atoms with Gasteiger partial charge in [0.1, 0.15) is 0 Å². The van der Waals surface area contributed by atoms with Gasteiger partial charge in [0.2, 0.25) is 5.91 Å². The lowest BCUT2D eigenvalue weighted by atomic mass is 9.36. The van der Waals surface area contributed by atoms with Crippen molar-refractivity contribution < 1.29 is 36.6 Å².